The Morgan fingerprint density at radius 3 is 2.60 bits per heavy atom. The standard InChI is InChI=1S/C4H12NO4P/c1-10(7,8)9-3-4(6)2-5/h4,6H,2-3,5H2,1H3,(H,7,8). The highest BCUT2D eigenvalue weighted by Gasteiger charge is 2.12. The Labute approximate surface area is 59.3 Å². The zero-order valence-electron chi connectivity index (χ0n) is 5.73. The summed E-state index contributed by atoms with van der Waals surface area (Å²) in [6.45, 7) is 0.886. The molecule has 0 saturated heterocycles. The maximum absolute atomic E-state index is 10.4. The van der Waals surface area contributed by atoms with Crippen LogP contribution in [0.15, 0.2) is 0 Å². The van der Waals surface area contributed by atoms with Crippen molar-refractivity contribution >= 4 is 7.60 Å². The summed E-state index contributed by atoms with van der Waals surface area (Å²) in [5, 5.41) is 8.74. The highest BCUT2D eigenvalue weighted by Crippen LogP contribution is 2.36. The lowest BCUT2D eigenvalue weighted by Crippen LogP contribution is -2.24. The van der Waals surface area contributed by atoms with E-state index < -0.39 is 13.7 Å². The molecule has 0 radical (unpaired) electrons. The molecule has 0 aliphatic carbocycles. The van der Waals surface area contributed by atoms with Crippen LogP contribution in [0.2, 0.25) is 0 Å². The third-order valence-corrected chi connectivity index (χ3v) is 1.41. The summed E-state index contributed by atoms with van der Waals surface area (Å²) in [5.74, 6) is 0. The van der Waals surface area contributed by atoms with Crippen molar-refractivity contribution in [2.45, 2.75) is 6.10 Å². The van der Waals surface area contributed by atoms with E-state index in [1.54, 1.807) is 0 Å². The largest absolute Gasteiger partial charge is 0.389 e. The molecule has 0 amide bonds. The third-order valence-electron chi connectivity index (χ3n) is 0.779. The number of aliphatic hydroxyl groups excluding tert-OH is 1. The zero-order valence-corrected chi connectivity index (χ0v) is 6.62. The summed E-state index contributed by atoms with van der Waals surface area (Å²) in [6, 6.07) is 0. The van der Waals surface area contributed by atoms with Gasteiger partial charge in [-0.2, -0.15) is 0 Å². The molecule has 0 aliphatic heterocycles. The molecule has 0 aromatic carbocycles. The van der Waals surface area contributed by atoms with Crippen LogP contribution >= 0.6 is 7.60 Å². The molecule has 0 heterocycles. The molecule has 4 N–H and O–H groups in total. The Hall–Kier alpha value is 0.0700. The van der Waals surface area contributed by atoms with Crippen LogP contribution in [0.4, 0.5) is 0 Å². The quantitative estimate of drug-likeness (QED) is 0.476. The van der Waals surface area contributed by atoms with Crippen molar-refractivity contribution in [3.05, 3.63) is 0 Å². The van der Waals surface area contributed by atoms with Crippen molar-refractivity contribution in [2.75, 3.05) is 19.8 Å². The predicted molar refractivity (Wildman–Crippen MR) is 36.8 cm³/mol. The first-order valence-corrected chi connectivity index (χ1v) is 4.81. The van der Waals surface area contributed by atoms with Gasteiger partial charge in [-0.3, -0.25) is 4.57 Å². The topological polar surface area (TPSA) is 92.8 Å². The van der Waals surface area contributed by atoms with Crippen LogP contribution in [0.3, 0.4) is 0 Å². The lowest BCUT2D eigenvalue weighted by Gasteiger charge is -2.09. The molecule has 6 heteroatoms. The molecule has 0 aromatic rings. The molecular weight excluding hydrogens is 157 g/mol. The van der Waals surface area contributed by atoms with Crippen molar-refractivity contribution in [2.24, 2.45) is 5.73 Å². The van der Waals surface area contributed by atoms with Gasteiger partial charge in [-0.15, -0.1) is 0 Å². The monoisotopic (exact) mass is 169 g/mol. The second-order valence-electron chi connectivity index (χ2n) is 1.99. The fraction of sp³-hybridized carbons (Fsp3) is 1.00. The van der Waals surface area contributed by atoms with Gasteiger partial charge in [0.05, 0.1) is 12.7 Å². The summed E-state index contributed by atoms with van der Waals surface area (Å²) in [6.07, 6.45) is -0.861. The molecule has 2 atom stereocenters. The lowest BCUT2D eigenvalue weighted by molar-refractivity contribution is 0.107. The van der Waals surface area contributed by atoms with Crippen molar-refractivity contribution in [1.29, 1.82) is 0 Å². The molecule has 0 saturated carbocycles. The molecule has 0 rings (SSSR count). The van der Waals surface area contributed by atoms with Gasteiger partial charge in [0.25, 0.3) is 0 Å². The number of aliphatic hydroxyl groups is 1. The first kappa shape index (κ1) is 10.1. The maximum Gasteiger partial charge on any atom is 0.325 e. The van der Waals surface area contributed by atoms with Crippen molar-refractivity contribution in [3.8, 4) is 0 Å². The minimum atomic E-state index is -3.45. The average molecular weight is 169 g/mol. The highest BCUT2D eigenvalue weighted by molar-refractivity contribution is 7.51. The molecule has 0 aromatic heterocycles. The van der Waals surface area contributed by atoms with Gasteiger partial charge >= 0.3 is 7.60 Å². The number of hydrogen-bond donors (Lipinski definition) is 3. The van der Waals surface area contributed by atoms with Gasteiger partial charge in [0, 0.05) is 13.2 Å². The van der Waals surface area contributed by atoms with Gasteiger partial charge in [-0.05, 0) is 0 Å². The first-order valence-electron chi connectivity index (χ1n) is 2.78. The minimum absolute atomic E-state index is 0.0278. The lowest BCUT2D eigenvalue weighted by atomic mass is 10.4. The van der Waals surface area contributed by atoms with Gasteiger partial charge < -0.3 is 20.3 Å². The van der Waals surface area contributed by atoms with Crippen LogP contribution in [-0.4, -0.2) is 35.9 Å². The van der Waals surface area contributed by atoms with Crippen LogP contribution in [-0.2, 0) is 9.09 Å². The number of hydrogen-bond acceptors (Lipinski definition) is 4. The van der Waals surface area contributed by atoms with Crippen molar-refractivity contribution in [3.63, 3.8) is 0 Å². The van der Waals surface area contributed by atoms with Crippen LogP contribution in [0.5, 0.6) is 0 Å². The Morgan fingerprint density at radius 2 is 2.30 bits per heavy atom. The molecule has 2 unspecified atom stereocenters. The average Bonchev–Trinajstić information content (AvgIpc) is 1.81. The second-order valence-corrected chi connectivity index (χ2v) is 3.85. The Balaban J connectivity index is 3.46. The number of nitrogens with two attached hydrogens (primary N) is 1. The van der Waals surface area contributed by atoms with E-state index in [1.165, 1.54) is 0 Å². The fourth-order valence-electron chi connectivity index (χ4n) is 0.292. The van der Waals surface area contributed by atoms with E-state index in [9.17, 15) is 4.57 Å². The maximum atomic E-state index is 10.4. The molecule has 0 fully saturated rings. The summed E-state index contributed by atoms with van der Waals surface area (Å²) in [5.41, 5.74) is 5.00. The van der Waals surface area contributed by atoms with Gasteiger partial charge in [0.1, 0.15) is 0 Å². The van der Waals surface area contributed by atoms with E-state index in [-0.39, 0.29) is 13.2 Å². The van der Waals surface area contributed by atoms with E-state index in [4.69, 9.17) is 15.7 Å². The normalized spacial score (nSPS) is 20.0. The van der Waals surface area contributed by atoms with Crippen molar-refractivity contribution in [1.82, 2.24) is 0 Å². The molecule has 62 valence electrons. The van der Waals surface area contributed by atoms with Crippen LogP contribution in [0.1, 0.15) is 0 Å². The van der Waals surface area contributed by atoms with Crippen LogP contribution in [0, 0.1) is 0 Å². The van der Waals surface area contributed by atoms with Crippen LogP contribution in [0.25, 0.3) is 0 Å². The molecule has 10 heavy (non-hydrogen) atoms. The number of rotatable bonds is 4. The van der Waals surface area contributed by atoms with E-state index >= 15 is 0 Å². The Kier molecular flexibility index (Phi) is 4.08. The predicted octanol–water partition coefficient (Wildman–Crippen LogP) is -0.862. The highest BCUT2D eigenvalue weighted by atomic mass is 31.2. The van der Waals surface area contributed by atoms with E-state index in [1.807, 2.05) is 0 Å². The summed E-state index contributed by atoms with van der Waals surface area (Å²) < 4.78 is 14.8. The van der Waals surface area contributed by atoms with Gasteiger partial charge in [-0.25, -0.2) is 0 Å². The summed E-state index contributed by atoms with van der Waals surface area (Å²) in [4.78, 5) is 8.54. The Bertz CT molecular complexity index is 133. The molecule has 0 spiro atoms. The minimum Gasteiger partial charge on any atom is -0.389 e. The molecular formula is C4H12NO4P. The van der Waals surface area contributed by atoms with Gasteiger partial charge in [0.2, 0.25) is 0 Å². The third kappa shape index (κ3) is 6.19. The smallest absolute Gasteiger partial charge is 0.325 e. The first-order chi connectivity index (χ1) is 4.45. The van der Waals surface area contributed by atoms with Gasteiger partial charge in [0.15, 0.2) is 0 Å². The van der Waals surface area contributed by atoms with Crippen molar-refractivity contribution < 1.29 is 19.1 Å². The molecule has 0 aliphatic rings. The SMILES string of the molecule is CP(=O)(O)OCC(O)CN. The van der Waals surface area contributed by atoms with E-state index in [0.717, 1.165) is 6.66 Å². The summed E-state index contributed by atoms with van der Waals surface area (Å²) >= 11 is 0. The Morgan fingerprint density at radius 1 is 1.80 bits per heavy atom. The second kappa shape index (κ2) is 4.05. The van der Waals surface area contributed by atoms with Gasteiger partial charge in [-0.1, -0.05) is 0 Å². The van der Waals surface area contributed by atoms with E-state index in [2.05, 4.69) is 4.52 Å². The fourth-order valence-corrected chi connectivity index (χ4v) is 0.741. The van der Waals surface area contributed by atoms with Crippen LogP contribution < -0.4 is 5.73 Å². The molecule has 0 bridgehead atoms. The zero-order chi connectivity index (χ0) is 8.20. The molecule has 5 nitrogen and oxygen atoms in total. The summed E-state index contributed by atoms with van der Waals surface area (Å²) in [7, 11) is -3.45. The van der Waals surface area contributed by atoms with E-state index in [0.29, 0.717) is 0 Å².